The minimum Gasteiger partial charge on any atom is -0.492 e. The van der Waals surface area contributed by atoms with Crippen molar-refractivity contribution in [1.82, 2.24) is 9.62 Å². The summed E-state index contributed by atoms with van der Waals surface area (Å²) in [5.41, 5.74) is -1.55. The Kier molecular flexibility index (Phi) is 6.13. The first-order valence-corrected chi connectivity index (χ1v) is 10.2. The van der Waals surface area contributed by atoms with Crippen LogP contribution in [0.1, 0.15) is 0 Å². The van der Waals surface area contributed by atoms with E-state index in [0.29, 0.717) is 13.2 Å². The summed E-state index contributed by atoms with van der Waals surface area (Å²) in [5.74, 6) is 0.749. The first kappa shape index (κ1) is 19.8. The fourth-order valence-electron chi connectivity index (χ4n) is 3.00. The summed E-state index contributed by atoms with van der Waals surface area (Å²) in [6, 6.07) is 17.4. The molecule has 0 aromatic heterocycles. The van der Waals surface area contributed by atoms with Gasteiger partial charge in [0, 0.05) is 26.2 Å². The topological polar surface area (TPSA) is 99.1 Å². The van der Waals surface area contributed by atoms with Crippen LogP contribution in [0.25, 0.3) is 0 Å². The predicted octanol–water partition coefficient (Wildman–Crippen LogP) is 0.451. The first-order chi connectivity index (χ1) is 12.9. The molecule has 8 heteroatoms. The van der Waals surface area contributed by atoms with E-state index in [0.717, 1.165) is 10.1 Å². The minimum atomic E-state index is -3.75. The number of nitrogens with one attached hydrogen (secondary N) is 1. The van der Waals surface area contributed by atoms with Crippen LogP contribution in [0.2, 0.25) is 0 Å². The normalized spacial score (nSPS) is 23.4. The lowest BCUT2D eigenvalue weighted by Gasteiger charge is -2.26. The summed E-state index contributed by atoms with van der Waals surface area (Å²) < 4.78 is 32.0. The van der Waals surface area contributed by atoms with Crippen molar-refractivity contribution in [3.63, 3.8) is 0 Å². The molecule has 0 aliphatic carbocycles. The maximum atomic E-state index is 12.7. The highest BCUT2D eigenvalue weighted by Crippen LogP contribution is 2.27. The fraction of sp³-hybridized carbons (Fsp3) is 0.368. The van der Waals surface area contributed by atoms with Crippen molar-refractivity contribution in [2.75, 3.05) is 32.8 Å². The Morgan fingerprint density at radius 1 is 1.11 bits per heavy atom. The maximum Gasteiger partial charge on any atom is 0.243 e. The smallest absolute Gasteiger partial charge is 0.243 e. The molecule has 3 rings (SSSR count). The number of aliphatic hydroxyl groups is 2. The monoisotopic (exact) mass is 392 g/mol. The highest BCUT2D eigenvalue weighted by molar-refractivity contribution is 7.89. The van der Waals surface area contributed by atoms with Gasteiger partial charge in [-0.2, -0.15) is 4.31 Å². The predicted molar refractivity (Wildman–Crippen MR) is 101 cm³/mol. The van der Waals surface area contributed by atoms with Gasteiger partial charge in [-0.3, -0.25) is 0 Å². The number of hydrogen-bond acceptors (Lipinski definition) is 6. The molecule has 7 nitrogen and oxygen atoms in total. The molecule has 0 saturated carbocycles. The second-order valence-electron chi connectivity index (χ2n) is 6.57. The zero-order valence-corrected chi connectivity index (χ0v) is 15.7. The van der Waals surface area contributed by atoms with E-state index in [2.05, 4.69) is 5.32 Å². The third kappa shape index (κ3) is 4.66. The molecule has 0 amide bonds. The molecule has 0 spiro atoms. The number of aliphatic hydroxyl groups excluding tert-OH is 1. The second-order valence-corrected chi connectivity index (χ2v) is 8.51. The van der Waals surface area contributed by atoms with Crippen LogP contribution in [0.5, 0.6) is 5.75 Å². The Bertz CT molecular complexity index is 832. The summed E-state index contributed by atoms with van der Waals surface area (Å²) in [5, 5.41) is 24.0. The zero-order valence-electron chi connectivity index (χ0n) is 14.9. The van der Waals surface area contributed by atoms with Gasteiger partial charge in [-0.1, -0.05) is 36.4 Å². The molecule has 0 radical (unpaired) electrons. The lowest BCUT2D eigenvalue weighted by molar-refractivity contribution is -0.0384. The Labute approximate surface area is 159 Å². The van der Waals surface area contributed by atoms with Crippen LogP contribution in [0.4, 0.5) is 0 Å². The molecule has 1 heterocycles. The zero-order chi connectivity index (χ0) is 19.3. The maximum absolute atomic E-state index is 12.7. The fourth-order valence-corrected chi connectivity index (χ4v) is 4.53. The van der Waals surface area contributed by atoms with Crippen LogP contribution < -0.4 is 10.1 Å². The number of rotatable bonds is 8. The molecule has 2 aromatic carbocycles. The Balaban J connectivity index is 1.52. The van der Waals surface area contributed by atoms with Gasteiger partial charge in [-0.15, -0.1) is 0 Å². The van der Waals surface area contributed by atoms with Gasteiger partial charge in [-0.05, 0) is 24.3 Å². The van der Waals surface area contributed by atoms with Gasteiger partial charge in [-0.25, -0.2) is 8.42 Å². The van der Waals surface area contributed by atoms with Crippen molar-refractivity contribution >= 4 is 10.0 Å². The van der Waals surface area contributed by atoms with E-state index < -0.39 is 21.7 Å². The lowest BCUT2D eigenvalue weighted by atomic mass is 10.0. The van der Waals surface area contributed by atoms with Crippen LogP contribution in [0.3, 0.4) is 0 Å². The van der Waals surface area contributed by atoms with Gasteiger partial charge in [0.25, 0.3) is 0 Å². The van der Waals surface area contributed by atoms with Gasteiger partial charge in [0.2, 0.25) is 10.0 Å². The van der Waals surface area contributed by atoms with E-state index in [4.69, 9.17) is 4.74 Å². The molecule has 1 aliphatic heterocycles. The summed E-state index contributed by atoms with van der Waals surface area (Å²) in [7, 11) is -3.75. The molecule has 1 aliphatic rings. The molecule has 0 bridgehead atoms. The van der Waals surface area contributed by atoms with Crippen molar-refractivity contribution in [2.24, 2.45) is 0 Å². The van der Waals surface area contributed by atoms with Gasteiger partial charge in [0.05, 0.1) is 11.0 Å². The van der Waals surface area contributed by atoms with E-state index in [-0.39, 0.29) is 24.5 Å². The molecular formula is C19H24N2O5S. The Morgan fingerprint density at radius 3 is 2.41 bits per heavy atom. The van der Waals surface area contributed by atoms with Crippen LogP contribution >= 0.6 is 0 Å². The first-order valence-electron chi connectivity index (χ1n) is 8.76. The average Bonchev–Trinajstić information content (AvgIpc) is 2.99. The van der Waals surface area contributed by atoms with Crippen LogP contribution in [-0.2, 0) is 10.0 Å². The number of para-hydroxylation sites is 1. The number of ether oxygens (including phenoxy) is 1. The number of β-amino-alcohol motifs (C(OH)–C–C–N with tert-alkyl or cyclic N) is 2. The van der Waals surface area contributed by atoms with E-state index >= 15 is 0 Å². The molecule has 2 atom stereocenters. The van der Waals surface area contributed by atoms with Crippen LogP contribution in [-0.4, -0.2) is 67.4 Å². The van der Waals surface area contributed by atoms with Crippen molar-refractivity contribution in [2.45, 2.75) is 16.6 Å². The molecule has 27 heavy (non-hydrogen) atoms. The lowest BCUT2D eigenvalue weighted by Crippen LogP contribution is -2.50. The molecule has 1 saturated heterocycles. The molecule has 3 N–H and O–H groups in total. The van der Waals surface area contributed by atoms with E-state index in [1.165, 1.54) is 12.1 Å². The molecule has 1 fully saturated rings. The summed E-state index contributed by atoms with van der Waals surface area (Å²) in [6.45, 7) is 0.596. The molecular weight excluding hydrogens is 368 g/mol. The average molecular weight is 392 g/mol. The van der Waals surface area contributed by atoms with Gasteiger partial charge >= 0.3 is 0 Å². The molecule has 146 valence electrons. The SMILES string of the molecule is O=S(=O)(c1ccccc1)N1C[C@@H](O)[C@](O)(CNCCOc2ccccc2)C1. The highest BCUT2D eigenvalue weighted by Gasteiger charge is 2.48. The van der Waals surface area contributed by atoms with E-state index in [1.54, 1.807) is 18.2 Å². The number of hydrogen-bond donors (Lipinski definition) is 3. The van der Waals surface area contributed by atoms with Crippen molar-refractivity contribution in [3.8, 4) is 5.75 Å². The molecule has 0 unspecified atom stereocenters. The van der Waals surface area contributed by atoms with E-state index in [9.17, 15) is 18.6 Å². The summed E-state index contributed by atoms with van der Waals surface area (Å²) in [6.07, 6.45) is -1.17. The van der Waals surface area contributed by atoms with Crippen LogP contribution in [0.15, 0.2) is 65.6 Å². The number of nitrogens with zero attached hydrogens (tertiary/aromatic N) is 1. The Morgan fingerprint density at radius 2 is 1.74 bits per heavy atom. The third-order valence-electron chi connectivity index (χ3n) is 4.55. The van der Waals surface area contributed by atoms with Gasteiger partial charge in [0.1, 0.15) is 18.0 Å². The second kappa shape index (κ2) is 8.37. The summed E-state index contributed by atoms with van der Waals surface area (Å²) in [4.78, 5) is 0.144. The largest absolute Gasteiger partial charge is 0.492 e. The van der Waals surface area contributed by atoms with Crippen molar-refractivity contribution < 1.29 is 23.4 Å². The minimum absolute atomic E-state index is 0.0626. The van der Waals surface area contributed by atoms with E-state index in [1.807, 2.05) is 30.3 Å². The summed E-state index contributed by atoms with van der Waals surface area (Å²) >= 11 is 0. The highest BCUT2D eigenvalue weighted by atomic mass is 32.2. The number of benzene rings is 2. The molecule has 2 aromatic rings. The van der Waals surface area contributed by atoms with Crippen LogP contribution in [0, 0.1) is 0 Å². The van der Waals surface area contributed by atoms with Crippen molar-refractivity contribution in [3.05, 3.63) is 60.7 Å². The van der Waals surface area contributed by atoms with Crippen molar-refractivity contribution in [1.29, 1.82) is 0 Å². The third-order valence-corrected chi connectivity index (χ3v) is 6.38. The standard InChI is InChI=1S/C19H24N2O5S/c22-18-13-21(27(24,25)17-9-5-2-6-10-17)15-19(18,23)14-20-11-12-26-16-7-3-1-4-8-16/h1-10,18,20,22-23H,11-15H2/t18-,19+/m1/s1. The Hall–Kier alpha value is -1.97. The van der Waals surface area contributed by atoms with Gasteiger partial charge in [0.15, 0.2) is 0 Å². The number of sulfonamides is 1. The van der Waals surface area contributed by atoms with Gasteiger partial charge < -0.3 is 20.3 Å². The quantitative estimate of drug-likeness (QED) is 0.564.